The molecular weight excluding hydrogens is 260 g/mol. The first-order valence-corrected chi connectivity index (χ1v) is 8.54. The fourth-order valence-corrected chi connectivity index (χ4v) is 3.54. The lowest BCUT2D eigenvalue weighted by Crippen LogP contribution is -2.36. The molecule has 2 fully saturated rings. The zero-order chi connectivity index (χ0) is 14.5. The molecule has 3 rings (SSSR count). The molecule has 0 spiro atoms. The van der Waals surface area contributed by atoms with Crippen LogP contribution in [0.1, 0.15) is 39.0 Å². The van der Waals surface area contributed by atoms with Crippen LogP contribution in [0.15, 0.2) is 24.3 Å². The van der Waals surface area contributed by atoms with Crippen LogP contribution in [0.4, 0.5) is 11.4 Å². The van der Waals surface area contributed by atoms with Crippen LogP contribution in [-0.2, 0) is 4.74 Å². The van der Waals surface area contributed by atoms with Crippen LogP contribution >= 0.6 is 0 Å². The van der Waals surface area contributed by atoms with E-state index in [9.17, 15) is 0 Å². The molecule has 0 radical (unpaired) electrons. The molecule has 1 aliphatic carbocycles. The Bertz CT molecular complexity index is 417. The van der Waals surface area contributed by atoms with E-state index in [1.165, 1.54) is 43.5 Å². The van der Waals surface area contributed by atoms with Gasteiger partial charge in [-0.3, -0.25) is 0 Å². The van der Waals surface area contributed by atoms with Crippen molar-refractivity contribution >= 4 is 11.4 Å². The van der Waals surface area contributed by atoms with Gasteiger partial charge in [0.05, 0.1) is 13.2 Å². The molecular formula is C18H28N2O. The van der Waals surface area contributed by atoms with Crippen molar-refractivity contribution in [2.75, 3.05) is 36.5 Å². The highest BCUT2D eigenvalue weighted by Crippen LogP contribution is 2.29. The summed E-state index contributed by atoms with van der Waals surface area (Å²) in [4.78, 5) is 2.40. The van der Waals surface area contributed by atoms with Crippen molar-refractivity contribution in [3.63, 3.8) is 0 Å². The van der Waals surface area contributed by atoms with E-state index >= 15 is 0 Å². The van der Waals surface area contributed by atoms with Gasteiger partial charge in [0.1, 0.15) is 0 Å². The molecule has 0 bridgehead atoms. The highest BCUT2D eigenvalue weighted by atomic mass is 16.5. The van der Waals surface area contributed by atoms with Crippen LogP contribution < -0.4 is 10.2 Å². The third-order valence-corrected chi connectivity index (χ3v) is 5.04. The first-order valence-electron chi connectivity index (χ1n) is 8.54. The third-order valence-electron chi connectivity index (χ3n) is 5.04. The number of nitrogens with zero attached hydrogens (tertiary/aromatic N) is 1. The van der Waals surface area contributed by atoms with Gasteiger partial charge in [-0.15, -0.1) is 0 Å². The van der Waals surface area contributed by atoms with E-state index in [-0.39, 0.29) is 0 Å². The van der Waals surface area contributed by atoms with Gasteiger partial charge in [0.25, 0.3) is 0 Å². The van der Waals surface area contributed by atoms with Gasteiger partial charge in [0.15, 0.2) is 0 Å². The summed E-state index contributed by atoms with van der Waals surface area (Å²) in [5, 5.41) is 3.71. The Labute approximate surface area is 128 Å². The molecule has 2 aliphatic rings. The Balaban J connectivity index is 1.52. The summed E-state index contributed by atoms with van der Waals surface area (Å²) < 4.78 is 5.41. The van der Waals surface area contributed by atoms with E-state index in [4.69, 9.17) is 4.74 Å². The molecule has 0 aromatic heterocycles. The van der Waals surface area contributed by atoms with E-state index in [2.05, 4.69) is 41.4 Å². The van der Waals surface area contributed by atoms with Crippen molar-refractivity contribution in [2.24, 2.45) is 5.92 Å². The van der Waals surface area contributed by atoms with Crippen LogP contribution in [-0.4, -0.2) is 32.3 Å². The maximum Gasteiger partial charge on any atom is 0.0642 e. The maximum atomic E-state index is 5.41. The van der Waals surface area contributed by atoms with Gasteiger partial charge in [-0.25, -0.2) is 0 Å². The van der Waals surface area contributed by atoms with Crippen LogP contribution in [0.3, 0.4) is 0 Å². The number of anilines is 2. The first-order chi connectivity index (χ1) is 10.3. The van der Waals surface area contributed by atoms with Gasteiger partial charge in [-0.05, 0) is 55.9 Å². The number of hydrogen-bond acceptors (Lipinski definition) is 3. The minimum absolute atomic E-state index is 0.669. The summed E-state index contributed by atoms with van der Waals surface area (Å²) in [6, 6.07) is 9.62. The molecule has 116 valence electrons. The maximum absolute atomic E-state index is 5.41. The molecule has 0 atom stereocenters. The first kappa shape index (κ1) is 14.7. The van der Waals surface area contributed by atoms with Gasteiger partial charge in [-0.2, -0.15) is 0 Å². The lowest BCUT2D eigenvalue weighted by atomic mass is 9.84. The van der Waals surface area contributed by atoms with Crippen molar-refractivity contribution in [1.29, 1.82) is 0 Å². The fraction of sp³-hybridized carbons (Fsp3) is 0.667. The molecule has 1 saturated carbocycles. The van der Waals surface area contributed by atoms with E-state index in [0.29, 0.717) is 6.04 Å². The fourth-order valence-electron chi connectivity index (χ4n) is 3.54. The van der Waals surface area contributed by atoms with Gasteiger partial charge < -0.3 is 15.0 Å². The molecule has 0 amide bonds. The predicted octanol–water partition coefficient (Wildman–Crippen LogP) is 3.90. The van der Waals surface area contributed by atoms with E-state index in [0.717, 1.165) is 32.2 Å². The molecule has 0 unspecified atom stereocenters. The van der Waals surface area contributed by atoms with Crippen molar-refractivity contribution in [3.8, 4) is 0 Å². The second kappa shape index (κ2) is 7.17. The molecule has 1 N–H and O–H groups in total. The largest absolute Gasteiger partial charge is 0.382 e. The molecule has 1 saturated heterocycles. The summed E-state index contributed by atoms with van der Waals surface area (Å²) in [5.74, 6) is 0.965. The van der Waals surface area contributed by atoms with Crippen LogP contribution in [0, 0.1) is 5.92 Å². The zero-order valence-corrected chi connectivity index (χ0v) is 13.2. The Morgan fingerprint density at radius 3 is 2.33 bits per heavy atom. The minimum atomic E-state index is 0.669. The predicted molar refractivity (Wildman–Crippen MR) is 89.1 cm³/mol. The monoisotopic (exact) mass is 288 g/mol. The average molecular weight is 288 g/mol. The summed E-state index contributed by atoms with van der Waals surface area (Å²) in [6.07, 6.45) is 6.77. The lowest BCUT2D eigenvalue weighted by Gasteiger charge is -2.30. The molecule has 1 aromatic rings. The SMILES string of the molecule is CCC1CCC(Nc2ccc(N3CCOCC3)cc2)CC1. The Morgan fingerprint density at radius 2 is 1.71 bits per heavy atom. The summed E-state index contributed by atoms with van der Waals surface area (Å²) in [7, 11) is 0. The van der Waals surface area contributed by atoms with E-state index in [1.807, 2.05) is 0 Å². The van der Waals surface area contributed by atoms with Gasteiger partial charge in [-0.1, -0.05) is 13.3 Å². The smallest absolute Gasteiger partial charge is 0.0642 e. The number of nitrogens with one attached hydrogen (secondary N) is 1. The normalized spacial score (nSPS) is 26.6. The van der Waals surface area contributed by atoms with E-state index < -0.39 is 0 Å². The van der Waals surface area contributed by atoms with Crippen LogP contribution in [0.2, 0.25) is 0 Å². The topological polar surface area (TPSA) is 24.5 Å². The third kappa shape index (κ3) is 3.91. The van der Waals surface area contributed by atoms with Gasteiger partial charge in [0.2, 0.25) is 0 Å². The van der Waals surface area contributed by atoms with Gasteiger partial charge >= 0.3 is 0 Å². The summed E-state index contributed by atoms with van der Waals surface area (Å²) in [6.45, 7) is 6.03. The number of hydrogen-bond donors (Lipinski definition) is 1. The van der Waals surface area contributed by atoms with E-state index in [1.54, 1.807) is 0 Å². The second-order valence-electron chi connectivity index (χ2n) is 6.42. The van der Waals surface area contributed by atoms with Gasteiger partial charge in [0, 0.05) is 30.5 Å². The molecule has 1 heterocycles. The minimum Gasteiger partial charge on any atom is -0.382 e. The molecule has 3 heteroatoms. The van der Waals surface area contributed by atoms with Crippen molar-refractivity contribution < 1.29 is 4.74 Å². The van der Waals surface area contributed by atoms with Crippen molar-refractivity contribution in [2.45, 2.75) is 45.1 Å². The number of ether oxygens (including phenoxy) is 1. The Kier molecular flexibility index (Phi) is 5.02. The standard InChI is InChI=1S/C18H28N2O/c1-2-15-3-5-16(6-4-15)19-17-7-9-18(10-8-17)20-11-13-21-14-12-20/h7-10,15-16,19H,2-6,11-14H2,1H3. The summed E-state index contributed by atoms with van der Waals surface area (Å²) in [5.41, 5.74) is 2.59. The highest BCUT2D eigenvalue weighted by Gasteiger charge is 2.19. The number of morpholine rings is 1. The zero-order valence-electron chi connectivity index (χ0n) is 13.2. The average Bonchev–Trinajstić information content (AvgIpc) is 2.57. The Hall–Kier alpha value is -1.22. The molecule has 1 aliphatic heterocycles. The quantitative estimate of drug-likeness (QED) is 0.909. The molecule has 3 nitrogen and oxygen atoms in total. The second-order valence-corrected chi connectivity index (χ2v) is 6.42. The van der Waals surface area contributed by atoms with Crippen molar-refractivity contribution in [3.05, 3.63) is 24.3 Å². The summed E-state index contributed by atoms with van der Waals surface area (Å²) >= 11 is 0. The number of rotatable bonds is 4. The number of benzene rings is 1. The highest BCUT2D eigenvalue weighted by molar-refractivity contribution is 5.55. The van der Waals surface area contributed by atoms with Crippen LogP contribution in [0.25, 0.3) is 0 Å². The van der Waals surface area contributed by atoms with Crippen LogP contribution in [0.5, 0.6) is 0 Å². The Morgan fingerprint density at radius 1 is 1.05 bits per heavy atom. The molecule has 1 aromatic carbocycles. The lowest BCUT2D eigenvalue weighted by molar-refractivity contribution is 0.122. The van der Waals surface area contributed by atoms with Crippen molar-refractivity contribution in [1.82, 2.24) is 0 Å². The molecule has 21 heavy (non-hydrogen) atoms.